The van der Waals surface area contributed by atoms with Gasteiger partial charge in [-0.05, 0) is 42.0 Å². The molecule has 0 aromatic heterocycles. The Bertz CT molecular complexity index is 737. The lowest BCUT2D eigenvalue weighted by atomic mass is 10.2. The predicted octanol–water partition coefficient (Wildman–Crippen LogP) is 3.69. The molecule has 1 aliphatic heterocycles. The fraction of sp³-hybridized carbons (Fsp3) is 0.400. The van der Waals surface area contributed by atoms with Crippen LogP contribution in [0, 0.1) is 5.82 Å². The van der Waals surface area contributed by atoms with Gasteiger partial charge in [-0.1, -0.05) is 29.3 Å². The minimum absolute atomic E-state index is 0.190. The van der Waals surface area contributed by atoms with Crippen LogP contribution in [-0.2, 0) is 6.54 Å². The minimum atomic E-state index is -0.586. The molecule has 146 valence electrons. The van der Waals surface area contributed by atoms with Crippen molar-refractivity contribution < 1.29 is 14.2 Å². The maximum atomic E-state index is 12.9. The molecular weight excluding hydrogens is 390 g/mol. The maximum absolute atomic E-state index is 12.9. The van der Waals surface area contributed by atoms with E-state index in [4.69, 9.17) is 27.9 Å². The van der Waals surface area contributed by atoms with Crippen LogP contribution in [0.3, 0.4) is 0 Å². The van der Waals surface area contributed by atoms with E-state index in [1.54, 1.807) is 12.1 Å². The van der Waals surface area contributed by atoms with Crippen molar-refractivity contribution in [2.24, 2.45) is 0 Å². The summed E-state index contributed by atoms with van der Waals surface area (Å²) in [6.45, 7) is 5.19. The molecule has 27 heavy (non-hydrogen) atoms. The predicted molar refractivity (Wildman–Crippen MR) is 106 cm³/mol. The van der Waals surface area contributed by atoms with E-state index in [1.165, 1.54) is 12.1 Å². The van der Waals surface area contributed by atoms with Gasteiger partial charge in [-0.25, -0.2) is 4.39 Å². The monoisotopic (exact) mass is 412 g/mol. The van der Waals surface area contributed by atoms with Crippen LogP contribution in [-0.4, -0.2) is 60.3 Å². The Labute approximate surface area is 169 Å². The number of β-amino-alcohol motifs (C(OH)–C–C–N with tert-alkyl or cyclic N) is 1. The van der Waals surface area contributed by atoms with Gasteiger partial charge in [-0.3, -0.25) is 9.80 Å². The van der Waals surface area contributed by atoms with Gasteiger partial charge in [0.2, 0.25) is 0 Å². The molecule has 1 N–H and O–H groups in total. The summed E-state index contributed by atoms with van der Waals surface area (Å²) in [4.78, 5) is 4.58. The van der Waals surface area contributed by atoms with Crippen molar-refractivity contribution in [2.45, 2.75) is 12.6 Å². The first-order valence-corrected chi connectivity index (χ1v) is 9.70. The lowest BCUT2D eigenvalue weighted by Gasteiger charge is -2.35. The number of aliphatic hydroxyl groups is 1. The number of aliphatic hydroxyl groups excluding tert-OH is 1. The van der Waals surface area contributed by atoms with Crippen LogP contribution in [0.1, 0.15) is 5.56 Å². The molecule has 0 bridgehead atoms. The second kappa shape index (κ2) is 9.71. The number of halogens is 3. The van der Waals surface area contributed by atoms with Crippen molar-refractivity contribution >= 4 is 23.2 Å². The van der Waals surface area contributed by atoms with Gasteiger partial charge in [0.15, 0.2) is 0 Å². The van der Waals surface area contributed by atoms with E-state index in [0.29, 0.717) is 22.3 Å². The molecule has 1 heterocycles. The largest absolute Gasteiger partial charge is 0.491 e. The molecule has 1 atom stereocenters. The van der Waals surface area contributed by atoms with Crippen LogP contribution in [0.5, 0.6) is 5.75 Å². The first-order chi connectivity index (χ1) is 13.0. The van der Waals surface area contributed by atoms with E-state index in [-0.39, 0.29) is 12.4 Å². The fourth-order valence-corrected chi connectivity index (χ4v) is 3.42. The van der Waals surface area contributed by atoms with Crippen molar-refractivity contribution in [3.05, 3.63) is 63.9 Å². The van der Waals surface area contributed by atoms with Crippen LogP contribution >= 0.6 is 23.2 Å². The van der Waals surface area contributed by atoms with Gasteiger partial charge in [0.1, 0.15) is 24.3 Å². The van der Waals surface area contributed by atoms with Gasteiger partial charge >= 0.3 is 0 Å². The Morgan fingerprint density at radius 1 is 0.963 bits per heavy atom. The van der Waals surface area contributed by atoms with Crippen molar-refractivity contribution in [3.8, 4) is 5.75 Å². The lowest BCUT2D eigenvalue weighted by molar-refractivity contribution is 0.0446. The van der Waals surface area contributed by atoms with Crippen LogP contribution < -0.4 is 4.74 Å². The van der Waals surface area contributed by atoms with Gasteiger partial charge in [-0.2, -0.15) is 0 Å². The summed E-state index contributed by atoms with van der Waals surface area (Å²) in [6.07, 6.45) is -0.586. The summed E-state index contributed by atoms with van der Waals surface area (Å²) in [5.74, 6) is 0.253. The average Bonchev–Trinajstić information content (AvgIpc) is 2.66. The summed E-state index contributed by atoms with van der Waals surface area (Å²) >= 11 is 12.0. The topological polar surface area (TPSA) is 35.9 Å². The molecule has 7 heteroatoms. The molecular formula is C20H23Cl2FN2O2. The zero-order valence-electron chi connectivity index (χ0n) is 15.0. The van der Waals surface area contributed by atoms with Gasteiger partial charge in [0, 0.05) is 39.3 Å². The Morgan fingerprint density at radius 3 is 2.30 bits per heavy atom. The number of benzene rings is 2. The molecule has 0 saturated carbocycles. The van der Waals surface area contributed by atoms with Crippen LogP contribution in [0.15, 0.2) is 42.5 Å². The van der Waals surface area contributed by atoms with E-state index >= 15 is 0 Å². The third kappa shape index (κ3) is 6.33. The average molecular weight is 413 g/mol. The molecule has 0 unspecified atom stereocenters. The Morgan fingerprint density at radius 2 is 1.63 bits per heavy atom. The molecule has 0 spiro atoms. The second-order valence-corrected chi connectivity index (χ2v) is 7.56. The number of ether oxygens (including phenoxy) is 1. The molecule has 1 aliphatic rings. The van der Waals surface area contributed by atoms with E-state index < -0.39 is 6.10 Å². The van der Waals surface area contributed by atoms with Crippen molar-refractivity contribution in [3.63, 3.8) is 0 Å². The van der Waals surface area contributed by atoms with Crippen LogP contribution in [0.25, 0.3) is 0 Å². The van der Waals surface area contributed by atoms with E-state index in [0.717, 1.165) is 38.3 Å². The summed E-state index contributed by atoms with van der Waals surface area (Å²) in [5, 5.41) is 11.3. The molecule has 2 aromatic carbocycles. The number of piperazine rings is 1. The lowest BCUT2D eigenvalue weighted by Crippen LogP contribution is -2.48. The smallest absolute Gasteiger partial charge is 0.123 e. The van der Waals surface area contributed by atoms with Gasteiger partial charge in [0.25, 0.3) is 0 Å². The summed E-state index contributed by atoms with van der Waals surface area (Å²) < 4.78 is 18.4. The van der Waals surface area contributed by atoms with Gasteiger partial charge < -0.3 is 9.84 Å². The highest BCUT2D eigenvalue weighted by Crippen LogP contribution is 2.23. The third-order valence-electron chi connectivity index (χ3n) is 4.58. The second-order valence-electron chi connectivity index (χ2n) is 6.74. The highest BCUT2D eigenvalue weighted by molar-refractivity contribution is 6.42. The Kier molecular flexibility index (Phi) is 7.33. The highest BCUT2D eigenvalue weighted by Gasteiger charge is 2.19. The van der Waals surface area contributed by atoms with Crippen molar-refractivity contribution in [2.75, 3.05) is 39.3 Å². The first-order valence-electron chi connectivity index (χ1n) is 8.94. The molecule has 3 rings (SSSR count). The number of nitrogens with zero attached hydrogens (tertiary/aromatic N) is 2. The first kappa shape index (κ1) is 20.4. The zero-order chi connectivity index (χ0) is 19.2. The van der Waals surface area contributed by atoms with Crippen LogP contribution in [0.2, 0.25) is 10.0 Å². The maximum Gasteiger partial charge on any atom is 0.123 e. The standard InChI is InChI=1S/C20H23Cl2FN2O2/c21-19-6-1-15(11-20(19)22)12-24-7-9-25(10-8-24)13-17(26)14-27-18-4-2-16(23)3-5-18/h1-6,11,17,26H,7-10,12-14H2/t17-/m1/s1. The SMILES string of the molecule is O[C@@H](COc1ccc(F)cc1)CN1CCN(Cc2ccc(Cl)c(Cl)c2)CC1. The number of hydrogen-bond acceptors (Lipinski definition) is 4. The molecule has 4 nitrogen and oxygen atoms in total. The quantitative estimate of drug-likeness (QED) is 0.751. The van der Waals surface area contributed by atoms with Gasteiger partial charge in [-0.15, -0.1) is 0 Å². The molecule has 1 saturated heterocycles. The minimum Gasteiger partial charge on any atom is -0.491 e. The molecule has 2 aromatic rings. The summed E-state index contributed by atoms with van der Waals surface area (Å²) in [7, 11) is 0. The Hall–Kier alpha value is -1.37. The zero-order valence-corrected chi connectivity index (χ0v) is 16.5. The van der Waals surface area contributed by atoms with Crippen LogP contribution in [0.4, 0.5) is 4.39 Å². The van der Waals surface area contributed by atoms with E-state index in [1.807, 2.05) is 18.2 Å². The summed E-state index contributed by atoms with van der Waals surface area (Å²) in [5.41, 5.74) is 1.14. The molecule has 0 amide bonds. The number of rotatable bonds is 7. The third-order valence-corrected chi connectivity index (χ3v) is 5.32. The molecule has 0 radical (unpaired) electrons. The normalized spacial score (nSPS) is 17.0. The molecule has 0 aliphatic carbocycles. The van der Waals surface area contributed by atoms with Crippen molar-refractivity contribution in [1.82, 2.24) is 9.80 Å². The van der Waals surface area contributed by atoms with Crippen molar-refractivity contribution in [1.29, 1.82) is 0 Å². The Balaban J connectivity index is 1.38. The fourth-order valence-electron chi connectivity index (χ4n) is 3.10. The summed E-state index contributed by atoms with van der Waals surface area (Å²) in [6, 6.07) is 11.5. The molecule has 1 fully saturated rings. The van der Waals surface area contributed by atoms with Gasteiger partial charge in [0.05, 0.1) is 10.0 Å². The van der Waals surface area contributed by atoms with E-state index in [2.05, 4.69) is 9.80 Å². The number of hydrogen-bond donors (Lipinski definition) is 1. The highest BCUT2D eigenvalue weighted by atomic mass is 35.5. The van der Waals surface area contributed by atoms with E-state index in [9.17, 15) is 9.50 Å².